The molecule has 1 unspecified atom stereocenters. The van der Waals surface area contributed by atoms with E-state index < -0.39 is 0 Å². The average molecular weight is 402 g/mol. The van der Waals surface area contributed by atoms with Crippen molar-refractivity contribution in [2.45, 2.75) is 46.2 Å². The number of ether oxygens (including phenoxy) is 1. The first-order chi connectivity index (χ1) is 14.1. The number of benzene rings is 1. The first-order valence-electron chi connectivity index (χ1n) is 10.3. The topological polar surface area (TPSA) is 90.5 Å². The molecule has 0 aliphatic rings. The fourth-order valence-corrected chi connectivity index (χ4v) is 3.07. The zero-order valence-electron chi connectivity index (χ0n) is 18.3. The van der Waals surface area contributed by atoms with Gasteiger partial charge >= 0.3 is 0 Å². The van der Waals surface area contributed by atoms with Crippen molar-refractivity contribution in [2.24, 2.45) is 4.99 Å². The van der Waals surface area contributed by atoms with E-state index in [1.165, 1.54) is 6.42 Å². The molecule has 0 saturated carbocycles. The molecule has 0 saturated heterocycles. The minimum atomic E-state index is 0.348. The Morgan fingerprint density at radius 1 is 1.24 bits per heavy atom. The van der Waals surface area contributed by atoms with Crippen molar-refractivity contribution in [1.82, 2.24) is 30.7 Å². The Hall–Kier alpha value is -2.61. The van der Waals surface area contributed by atoms with Gasteiger partial charge in [-0.25, -0.2) is 4.98 Å². The monoisotopic (exact) mass is 401 g/mol. The fraction of sp³-hybridized carbons (Fsp3) is 0.571. The molecule has 0 aliphatic carbocycles. The van der Waals surface area contributed by atoms with Gasteiger partial charge in [0.1, 0.15) is 11.6 Å². The lowest BCUT2D eigenvalue weighted by Crippen LogP contribution is -2.42. The summed E-state index contributed by atoms with van der Waals surface area (Å²) < 4.78 is 5.19. The maximum atomic E-state index is 5.19. The van der Waals surface area contributed by atoms with Crippen molar-refractivity contribution in [3.63, 3.8) is 0 Å². The number of guanidine groups is 1. The Bertz CT molecular complexity index is 738. The summed E-state index contributed by atoms with van der Waals surface area (Å²) in [5.74, 6) is 3.00. The van der Waals surface area contributed by atoms with Gasteiger partial charge in [-0.15, -0.1) is 0 Å². The molecule has 0 bridgehead atoms. The maximum absolute atomic E-state index is 5.19. The van der Waals surface area contributed by atoms with Crippen LogP contribution in [0.15, 0.2) is 29.3 Å². The van der Waals surface area contributed by atoms with Gasteiger partial charge in [0, 0.05) is 18.7 Å². The van der Waals surface area contributed by atoms with Gasteiger partial charge in [-0.1, -0.05) is 13.8 Å². The number of aromatic amines is 1. The first kappa shape index (κ1) is 22.7. The Balaban J connectivity index is 1.79. The van der Waals surface area contributed by atoms with Crippen LogP contribution in [0.3, 0.4) is 0 Å². The molecule has 8 nitrogen and oxygen atoms in total. The van der Waals surface area contributed by atoms with Crippen LogP contribution in [0, 0.1) is 0 Å². The van der Waals surface area contributed by atoms with E-state index >= 15 is 0 Å². The van der Waals surface area contributed by atoms with Crippen molar-refractivity contribution < 1.29 is 4.74 Å². The minimum absolute atomic E-state index is 0.348. The van der Waals surface area contributed by atoms with Gasteiger partial charge in [0.15, 0.2) is 11.8 Å². The van der Waals surface area contributed by atoms with Gasteiger partial charge < -0.3 is 20.3 Å². The summed E-state index contributed by atoms with van der Waals surface area (Å²) in [5.41, 5.74) is 0.942. The highest BCUT2D eigenvalue weighted by Crippen LogP contribution is 2.18. The summed E-state index contributed by atoms with van der Waals surface area (Å²) in [4.78, 5) is 11.3. The van der Waals surface area contributed by atoms with E-state index in [-0.39, 0.29) is 0 Å². The molecular formula is C21H35N7O. The molecule has 0 amide bonds. The zero-order chi connectivity index (χ0) is 21.1. The SMILES string of the molecule is CCN(CC)CCCC(C)NC(=NC)NCc1nc(-c2ccc(OC)cc2)n[nH]1. The molecule has 0 aliphatic heterocycles. The largest absolute Gasteiger partial charge is 0.497 e. The fourth-order valence-electron chi connectivity index (χ4n) is 3.07. The lowest BCUT2D eigenvalue weighted by molar-refractivity contribution is 0.292. The lowest BCUT2D eigenvalue weighted by atomic mass is 10.2. The summed E-state index contributed by atoms with van der Waals surface area (Å²) >= 11 is 0. The third kappa shape index (κ3) is 7.38. The van der Waals surface area contributed by atoms with Crippen LogP contribution >= 0.6 is 0 Å². The molecule has 0 spiro atoms. The number of hydrogen-bond acceptors (Lipinski definition) is 5. The number of hydrogen-bond donors (Lipinski definition) is 3. The summed E-state index contributed by atoms with van der Waals surface area (Å²) in [5, 5.41) is 14.0. The quantitative estimate of drug-likeness (QED) is 0.396. The number of rotatable bonds is 11. The molecule has 1 heterocycles. The van der Waals surface area contributed by atoms with Crippen LogP contribution in [0.1, 0.15) is 39.4 Å². The van der Waals surface area contributed by atoms with Gasteiger partial charge in [-0.3, -0.25) is 10.1 Å². The van der Waals surface area contributed by atoms with E-state index in [0.717, 1.165) is 49.2 Å². The van der Waals surface area contributed by atoms with Crippen molar-refractivity contribution >= 4 is 5.96 Å². The smallest absolute Gasteiger partial charge is 0.191 e. The van der Waals surface area contributed by atoms with Crippen LogP contribution in [-0.2, 0) is 6.54 Å². The zero-order valence-corrected chi connectivity index (χ0v) is 18.3. The first-order valence-corrected chi connectivity index (χ1v) is 10.3. The number of aromatic nitrogens is 3. The standard InChI is InChI=1S/C21H35N7O/c1-6-28(7-2)14-8-9-16(3)24-21(22-4)23-15-19-25-20(27-26-19)17-10-12-18(29-5)13-11-17/h10-13,16H,6-9,14-15H2,1-5H3,(H2,22,23,24)(H,25,26,27). The third-order valence-corrected chi connectivity index (χ3v) is 4.92. The van der Waals surface area contributed by atoms with Crippen LogP contribution in [-0.4, -0.2) is 65.9 Å². The van der Waals surface area contributed by atoms with Gasteiger partial charge in [0.05, 0.1) is 13.7 Å². The highest BCUT2D eigenvalue weighted by Gasteiger charge is 2.09. The second-order valence-electron chi connectivity index (χ2n) is 6.97. The Morgan fingerprint density at radius 2 is 1.97 bits per heavy atom. The van der Waals surface area contributed by atoms with E-state index in [9.17, 15) is 0 Å². The van der Waals surface area contributed by atoms with Crippen LogP contribution in [0.2, 0.25) is 0 Å². The molecule has 1 aromatic carbocycles. The molecule has 1 atom stereocenters. The lowest BCUT2D eigenvalue weighted by Gasteiger charge is -2.21. The third-order valence-electron chi connectivity index (χ3n) is 4.92. The van der Waals surface area contributed by atoms with Gasteiger partial charge in [0.2, 0.25) is 0 Å². The van der Waals surface area contributed by atoms with E-state index in [1.807, 2.05) is 24.3 Å². The van der Waals surface area contributed by atoms with Crippen LogP contribution in [0.5, 0.6) is 5.75 Å². The molecule has 2 aromatic rings. The second kappa shape index (κ2) is 12.1. The maximum Gasteiger partial charge on any atom is 0.191 e. The molecule has 160 valence electrons. The Labute approximate surface area is 174 Å². The van der Waals surface area contributed by atoms with Gasteiger partial charge in [0.25, 0.3) is 0 Å². The average Bonchev–Trinajstić information content (AvgIpc) is 3.23. The predicted molar refractivity (Wildman–Crippen MR) is 118 cm³/mol. The van der Waals surface area contributed by atoms with Gasteiger partial charge in [-0.2, -0.15) is 5.10 Å². The number of nitrogens with one attached hydrogen (secondary N) is 3. The highest BCUT2D eigenvalue weighted by atomic mass is 16.5. The van der Waals surface area contributed by atoms with Crippen LogP contribution in [0.4, 0.5) is 0 Å². The molecule has 0 fully saturated rings. The molecule has 8 heteroatoms. The number of nitrogens with zero attached hydrogens (tertiary/aromatic N) is 4. The molecule has 2 rings (SSSR count). The minimum Gasteiger partial charge on any atom is -0.497 e. The summed E-state index contributed by atoms with van der Waals surface area (Å²) in [6, 6.07) is 8.04. The number of H-pyrrole nitrogens is 1. The van der Waals surface area contributed by atoms with Crippen molar-refractivity contribution in [3.05, 3.63) is 30.1 Å². The Kier molecular flexibility index (Phi) is 9.43. The van der Waals surface area contributed by atoms with E-state index in [0.29, 0.717) is 18.4 Å². The highest BCUT2D eigenvalue weighted by molar-refractivity contribution is 5.79. The van der Waals surface area contributed by atoms with E-state index in [2.05, 4.69) is 56.5 Å². The van der Waals surface area contributed by atoms with E-state index in [4.69, 9.17) is 4.74 Å². The summed E-state index contributed by atoms with van der Waals surface area (Å²) in [7, 11) is 3.43. The number of methoxy groups -OCH3 is 1. The molecule has 0 radical (unpaired) electrons. The molecule has 3 N–H and O–H groups in total. The van der Waals surface area contributed by atoms with Crippen molar-refractivity contribution in [1.29, 1.82) is 0 Å². The summed E-state index contributed by atoms with van der Waals surface area (Å²) in [6.45, 7) is 10.5. The van der Waals surface area contributed by atoms with Crippen molar-refractivity contribution in [2.75, 3.05) is 33.8 Å². The second-order valence-corrected chi connectivity index (χ2v) is 6.97. The van der Waals surface area contributed by atoms with Crippen LogP contribution < -0.4 is 15.4 Å². The Morgan fingerprint density at radius 3 is 2.59 bits per heavy atom. The predicted octanol–water partition coefficient (Wildman–Crippen LogP) is 2.66. The molecule has 29 heavy (non-hydrogen) atoms. The van der Waals surface area contributed by atoms with Crippen LogP contribution in [0.25, 0.3) is 11.4 Å². The van der Waals surface area contributed by atoms with E-state index in [1.54, 1.807) is 14.2 Å². The van der Waals surface area contributed by atoms with Gasteiger partial charge in [-0.05, 0) is 63.7 Å². The number of aliphatic imine (C=N–C) groups is 1. The summed E-state index contributed by atoms with van der Waals surface area (Å²) in [6.07, 6.45) is 2.27. The molecule has 1 aromatic heterocycles. The normalized spacial score (nSPS) is 12.8. The molecular weight excluding hydrogens is 366 g/mol. The van der Waals surface area contributed by atoms with Crippen molar-refractivity contribution in [3.8, 4) is 17.1 Å².